The van der Waals surface area contributed by atoms with Crippen molar-refractivity contribution in [3.63, 3.8) is 0 Å². The molecule has 2 nitrogen and oxygen atoms in total. The van der Waals surface area contributed by atoms with Gasteiger partial charge in [-0.2, -0.15) is 0 Å². The SMILES string of the molecule is CNc1cccc(N2CCC2)c1. The summed E-state index contributed by atoms with van der Waals surface area (Å²) in [6, 6.07) is 8.54. The fraction of sp³-hybridized carbons (Fsp3) is 0.400. The van der Waals surface area contributed by atoms with Crippen LogP contribution in [0.4, 0.5) is 11.4 Å². The van der Waals surface area contributed by atoms with Crippen LogP contribution in [-0.2, 0) is 0 Å². The summed E-state index contributed by atoms with van der Waals surface area (Å²) in [7, 11) is 1.95. The molecule has 1 heterocycles. The highest BCUT2D eigenvalue weighted by Gasteiger charge is 2.13. The van der Waals surface area contributed by atoms with Crippen molar-refractivity contribution in [2.45, 2.75) is 6.42 Å². The van der Waals surface area contributed by atoms with Crippen molar-refractivity contribution in [3.05, 3.63) is 24.3 Å². The first-order valence-electron chi connectivity index (χ1n) is 4.43. The van der Waals surface area contributed by atoms with E-state index in [1.54, 1.807) is 0 Å². The summed E-state index contributed by atoms with van der Waals surface area (Å²) < 4.78 is 0. The van der Waals surface area contributed by atoms with Gasteiger partial charge in [-0.25, -0.2) is 0 Å². The first-order valence-corrected chi connectivity index (χ1v) is 4.43. The number of nitrogens with zero attached hydrogens (tertiary/aromatic N) is 1. The summed E-state index contributed by atoms with van der Waals surface area (Å²) in [5, 5.41) is 3.14. The van der Waals surface area contributed by atoms with E-state index < -0.39 is 0 Å². The Morgan fingerprint density at radius 1 is 1.33 bits per heavy atom. The molecular formula is C10H14N2. The Morgan fingerprint density at radius 3 is 2.75 bits per heavy atom. The summed E-state index contributed by atoms with van der Waals surface area (Å²) in [5.41, 5.74) is 2.53. The minimum Gasteiger partial charge on any atom is -0.388 e. The van der Waals surface area contributed by atoms with E-state index in [4.69, 9.17) is 0 Å². The number of anilines is 2. The van der Waals surface area contributed by atoms with E-state index in [1.807, 2.05) is 7.05 Å². The minimum atomic E-state index is 1.19. The molecule has 64 valence electrons. The molecule has 0 atom stereocenters. The van der Waals surface area contributed by atoms with Gasteiger partial charge in [0.25, 0.3) is 0 Å². The van der Waals surface area contributed by atoms with Gasteiger partial charge in [0.05, 0.1) is 0 Å². The van der Waals surface area contributed by atoms with Crippen molar-refractivity contribution in [3.8, 4) is 0 Å². The highest BCUT2D eigenvalue weighted by Crippen LogP contribution is 2.23. The van der Waals surface area contributed by atoms with Crippen LogP contribution < -0.4 is 10.2 Å². The molecule has 1 aromatic rings. The predicted molar refractivity (Wildman–Crippen MR) is 52.8 cm³/mol. The lowest BCUT2D eigenvalue weighted by atomic mass is 10.1. The number of hydrogen-bond donors (Lipinski definition) is 1. The van der Waals surface area contributed by atoms with Crippen LogP contribution in [0.5, 0.6) is 0 Å². The Bertz CT molecular complexity index is 266. The number of nitrogens with one attached hydrogen (secondary N) is 1. The molecule has 0 unspecified atom stereocenters. The van der Waals surface area contributed by atoms with Gasteiger partial charge in [-0.3, -0.25) is 0 Å². The standard InChI is InChI=1S/C10H14N2/c1-11-9-4-2-5-10(8-9)12-6-3-7-12/h2,4-5,8,11H,3,6-7H2,1H3. The Kier molecular flexibility index (Phi) is 1.90. The molecule has 1 aliphatic rings. The summed E-state index contributed by atoms with van der Waals surface area (Å²) in [6.45, 7) is 2.43. The molecule has 0 radical (unpaired) electrons. The lowest BCUT2D eigenvalue weighted by Gasteiger charge is -2.33. The van der Waals surface area contributed by atoms with Crippen LogP contribution in [0.2, 0.25) is 0 Å². The topological polar surface area (TPSA) is 15.3 Å². The van der Waals surface area contributed by atoms with Gasteiger partial charge in [0, 0.05) is 31.5 Å². The van der Waals surface area contributed by atoms with E-state index in [-0.39, 0.29) is 0 Å². The summed E-state index contributed by atoms with van der Waals surface area (Å²) in [5.74, 6) is 0. The Hall–Kier alpha value is -1.18. The minimum absolute atomic E-state index is 1.19. The molecule has 1 aromatic carbocycles. The summed E-state index contributed by atoms with van der Waals surface area (Å²) in [6.07, 6.45) is 1.34. The third-order valence-corrected chi connectivity index (χ3v) is 2.36. The maximum Gasteiger partial charge on any atom is 0.0386 e. The smallest absolute Gasteiger partial charge is 0.0386 e. The lowest BCUT2D eigenvalue weighted by molar-refractivity contribution is 0.618. The maximum absolute atomic E-state index is 3.14. The second-order valence-corrected chi connectivity index (χ2v) is 3.14. The quantitative estimate of drug-likeness (QED) is 0.715. The zero-order chi connectivity index (χ0) is 8.39. The van der Waals surface area contributed by atoms with Gasteiger partial charge in [-0.15, -0.1) is 0 Å². The summed E-state index contributed by atoms with van der Waals surface area (Å²) in [4.78, 5) is 2.39. The number of rotatable bonds is 2. The second kappa shape index (κ2) is 3.05. The molecule has 2 heteroatoms. The zero-order valence-electron chi connectivity index (χ0n) is 7.38. The fourth-order valence-corrected chi connectivity index (χ4v) is 1.43. The predicted octanol–water partition coefficient (Wildman–Crippen LogP) is 1.94. The molecule has 2 rings (SSSR count). The molecule has 0 bridgehead atoms. The highest BCUT2D eigenvalue weighted by molar-refractivity contribution is 5.58. The van der Waals surface area contributed by atoms with E-state index >= 15 is 0 Å². The molecule has 0 aromatic heterocycles. The lowest BCUT2D eigenvalue weighted by Crippen LogP contribution is -2.36. The Labute approximate surface area is 73.2 Å². The Balaban J connectivity index is 2.19. The number of hydrogen-bond acceptors (Lipinski definition) is 2. The van der Waals surface area contributed by atoms with Crippen LogP contribution in [0.1, 0.15) is 6.42 Å². The average Bonchev–Trinajstić information content (AvgIpc) is 2.02. The van der Waals surface area contributed by atoms with Crippen molar-refractivity contribution in [1.29, 1.82) is 0 Å². The van der Waals surface area contributed by atoms with Gasteiger partial charge in [-0.05, 0) is 24.6 Å². The van der Waals surface area contributed by atoms with Crippen molar-refractivity contribution in [2.24, 2.45) is 0 Å². The fourth-order valence-electron chi connectivity index (χ4n) is 1.43. The van der Waals surface area contributed by atoms with E-state index in [0.717, 1.165) is 0 Å². The van der Waals surface area contributed by atoms with Crippen LogP contribution >= 0.6 is 0 Å². The van der Waals surface area contributed by atoms with E-state index in [1.165, 1.54) is 30.9 Å². The van der Waals surface area contributed by atoms with Crippen molar-refractivity contribution in [2.75, 3.05) is 30.4 Å². The third kappa shape index (κ3) is 1.24. The van der Waals surface area contributed by atoms with Gasteiger partial charge in [0.1, 0.15) is 0 Å². The van der Waals surface area contributed by atoms with Crippen molar-refractivity contribution < 1.29 is 0 Å². The molecule has 1 aliphatic heterocycles. The molecule has 1 N–H and O–H groups in total. The Morgan fingerprint density at radius 2 is 2.17 bits per heavy atom. The normalized spacial score (nSPS) is 15.6. The van der Waals surface area contributed by atoms with E-state index in [9.17, 15) is 0 Å². The van der Waals surface area contributed by atoms with Crippen LogP contribution in [0.15, 0.2) is 24.3 Å². The largest absolute Gasteiger partial charge is 0.388 e. The molecule has 0 aliphatic carbocycles. The molecule has 1 fully saturated rings. The average molecular weight is 162 g/mol. The van der Waals surface area contributed by atoms with Gasteiger partial charge < -0.3 is 10.2 Å². The molecule has 1 saturated heterocycles. The van der Waals surface area contributed by atoms with Gasteiger partial charge >= 0.3 is 0 Å². The van der Waals surface area contributed by atoms with Crippen LogP contribution in [0.3, 0.4) is 0 Å². The van der Waals surface area contributed by atoms with Gasteiger partial charge in [0.2, 0.25) is 0 Å². The molecule has 0 saturated carbocycles. The second-order valence-electron chi connectivity index (χ2n) is 3.14. The van der Waals surface area contributed by atoms with Crippen molar-refractivity contribution in [1.82, 2.24) is 0 Å². The summed E-state index contributed by atoms with van der Waals surface area (Å²) >= 11 is 0. The third-order valence-electron chi connectivity index (χ3n) is 2.36. The molecule has 0 spiro atoms. The maximum atomic E-state index is 3.14. The van der Waals surface area contributed by atoms with Gasteiger partial charge in [0.15, 0.2) is 0 Å². The molecule has 0 amide bonds. The highest BCUT2D eigenvalue weighted by atomic mass is 15.2. The van der Waals surface area contributed by atoms with Crippen LogP contribution in [0.25, 0.3) is 0 Å². The van der Waals surface area contributed by atoms with Crippen molar-refractivity contribution >= 4 is 11.4 Å². The first-order chi connectivity index (χ1) is 5.90. The monoisotopic (exact) mass is 162 g/mol. The van der Waals surface area contributed by atoms with Gasteiger partial charge in [-0.1, -0.05) is 6.07 Å². The zero-order valence-corrected chi connectivity index (χ0v) is 7.38. The molecular weight excluding hydrogens is 148 g/mol. The molecule has 12 heavy (non-hydrogen) atoms. The van der Waals surface area contributed by atoms with Crippen LogP contribution in [-0.4, -0.2) is 20.1 Å². The van der Waals surface area contributed by atoms with E-state index in [2.05, 4.69) is 34.5 Å². The van der Waals surface area contributed by atoms with Crippen LogP contribution in [0, 0.1) is 0 Å². The number of benzene rings is 1. The first kappa shape index (κ1) is 7.47. The van der Waals surface area contributed by atoms with E-state index in [0.29, 0.717) is 0 Å².